The Morgan fingerprint density at radius 3 is 2.90 bits per heavy atom. The number of benzene rings is 1. The van der Waals surface area contributed by atoms with Crippen LogP contribution in [0.2, 0.25) is 0 Å². The number of aryl methyl sites for hydroxylation is 2. The van der Waals surface area contributed by atoms with E-state index in [4.69, 9.17) is 4.74 Å². The third-order valence-electron chi connectivity index (χ3n) is 2.86. The minimum Gasteiger partial charge on any atom is -0.391 e. The van der Waals surface area contributed by atoms with Crippen molar-refractivity contribution in [3.05, 3.63) is 29.3 Å². The number of hydrogen-bond acceptors (Lipinski definition) is 4. The van der Waals surface area contributed by atoms with Crippen molar-refractivity contribution in [3.8, 4) is 0 Å². The van der Waals surface area contributed by atoms with Crippen LogP contribution in [0, 0.1) is 13.8 Å². The molecule has 0 spiro atoms. The van der Waals surface area contributed by atoms with E-state index in [1.165, 1.54) is 22.9 Å². The second-order valence-corrected chi connectivity index (χ2v) is 5.82. The van der Waals surface area contributed by atoms with Gasteiger partial charge in [0.15, 0.2) is 0 Å². The molecule has 112 valence electrons. The Labute approximate surface area is 124 Å². The van der Waals surface area contributed by atoms with Gasteiger partial charge < -0.3 is 15.2 Å². The zero-order valence-corrected chi connectivity index (χ0v) is 13.1. The highest BCUT2D eigenvalue weighted by molar-refractivity contribution is 8.00. The monoisotopic (exact) mass is 297 g/mol. The molecule has 0 aliphatic carbocycles. The molecule has 1 amide bonds. The van der Waals surface area contributed by atoms with E-state index in [0.717, 1.165) is 4.90 Å². The molecule has 1 rings (SSSR count). The number of ether oxygens (including phenoxy) is 1. The number of rotatable bonds is 8. The summed E-state index contributed by atoms with van der Waals surface area (Å²) >= 11 is 1.54. The molecular weight excluding hydrogens is 274 g/mol. The fourth-order valence-electron chi connectivity index (χ4n) is 1.71. The maximum absolute atomic E-state index is 11.7. The Morgan fingerprint density at radius 2 is 2.20 bits per heavy atom. The fraction of sp³-hybridized carbons (Fsp3) is 0.533. The SMILES string of the molecule is COCC(O)CCNC(=O)CSc1cc(C)ccc1C. The minimum atomic E-state index is -0.521. The Morgan fingerprint density at radius 1 is 1.45 bits per heavy atom. The first-order valence-electron chi connectivity index (χ1n) is 6.66. The van der Waals surface area contributed by atoms with Crippen LogP contribution in [0.15, 0.2) is 23.1 Å². The molecule has 0 fully saturated rings. The quantitative estimate of drug-likeness (QED) is 0.720. The van der Waals surface area contributed by atoms with Crippen molar-refractivity contribution in [2.24, 2.45) is 0 Å². The summed E-state index contributed by atoms with van der Waals surface area (Å²) in [5.74, 6) is 0.380. The molecule has 5 heteroatoms. The van der Waals surface area contributed by atoms with E-state index in [2.05, 4.69) is 23.5 Å². The Kier molecular flexibility index (Phi) is 7.65. The molecule has 0 aliphatic rings. The van der Waals surface area contributed by atoms with E-state index in [9.17, 15) is 9.90 Å². The van der Waals surface area contributed by atoms with E-state index < -0.39 is 6.10 Å². The van der Waals surface area contributed by atoms with E-state index in [1.807, 2.05) is 13.8 Å². The van der Waals surface area contributed by atoms with Gasteiger partial charge in [-0.2, -0.15) is 0 Å². The number of aliphatic hydroxyl groups is 1. The van der Waals surface area contributed by atoms with Crippen molar-refractivity contribution in [1.82, 2.24) is 5.32 Å². The predicted octanol–water partition coefficient (Wildman–Crippen LogP) is 1.91. The molecule has 1 aromatic rings. The van der Waals surface area contributed by atoms with Crippen LogP contribution < -0.4 is 5.32 Å². The van der Waals surface area contributed by atoms with Crippen LogP contribution in [0.3, 0.4) is 0 Å². The van der Waals surface area contributed by atoms with Crippen molar-refractivity contribution in [2.45, 2.75) is 31.3 Å². The molecule has 0 saturated heterocycles. The van der Waals surface area contributed by atoms with Crippen molar-refractivity contribution >= 4 is 17.7 Å². The van der Waals surface area contributed by atoms with Gasteiger partial charge >= 0.3 is 0 Å². The molecule has 20 heavy (non-hydrogen) atoms. The van der Waals surface area contributed by atoms with Gasteiger partial charge in [0.1, 0.15) is 0 Å². The second-order valence-electron chi connectivity index (χ2n) is 4.81. The first-order valence-corrected chi connectivity index (χ1v) is 7.65. The highest BCUT2D eigenvalue weighted by Crippen LogP contribution is 2.23. The topological polar surface area (TPSA) is 58.6 Å². The Balaban J connectivity index is 2.28. The second kappa shape index (κ2) is 9.00. The summed E-state index contributed by atoms with van der Waals surface area (Å²) in [5.41, 5.74) is 2.38. The third-order valence-corrected chi connectivity index (χ3v) is 4.02. The lowest BCUT2D eigenvalue weighted by Crippen LogP contribution is -2.29. The van der Waals surface area contributed by atoms with E-state index in [0.29, 0.717) is 25.3 Å². The van der Waals surface area contributed by atoms with Gasteiger partial charge in [-0.1, -0.05) is 17.7 Å². The number of nitrogens with one attached hydrogen (secondary N) is 1. The van der Waals surface area contributed by atoms with Crippen LogP contribution in [0.4, 0.5) is 0 Å². The number of thioether (sulfide) groups is 1. The van der Waals surface area contributed by atoms with Crippen LogP contribution in [0.5, 0.6) is 0 Å². The Hall–Kier alpha value is -1.04. The lowest BCUT2D eigenvalue weighted by molar-refractivity contribution is -0.118. The van der Waals surface area contributed by atoms with Gasteiger partial charge in [0.05, 0.1) is 18.5 Å². The van der Waals surface area contributed by atoms with Gasteiger partial charge in [-0.15, -0.1) is 11.8 Å². The molecular formula is C15H23NO3S. The van der Waals surface area contributed by atoms with Crippen molar-refractivity contribution in [3.63, 3.8) is 0 Å². The standard InChI is InChI=1S/C15H23NO3S/c1-11-4-5-12(2)14(8-11)20-10-15(18)16-7-6-13(17)9-19-3/h4-5,8,13,17H,6-7,9-10H2,1-3H3,(H,16,18). The highest BCUT2D eigenvalue weighted by atomic mass is 32.2. The minimum absolute atomic E-state index is 0.0134. The van der Waals surface area contributed by atoms with Gasteiger partial charge in [0.25, 0.3) is 0 Å². The summed E-state index contributed by atoms with van der Waals surface area (Å²) < 4.78 is 4.82. The molecule has 0 bridgehead atoms. The predicted molar refractivity (Wildman–Crippen MR) is 82.1 cm³/mol. The maximum Gasteiger partial charge on any atom is 0.230 e. The first kappa shape index (κ1) is 17.0. The average Bonchev–Trinajstić information content (AvgIpc) is 2.40. The van der Waals surface area contributed by atoms with Crippen LogP contribution in [-0.2, 0) is 9.53 Å². The number of amides is 1. The molecule has 0 saturated carbocycles. The van der Waals surface area contributed by atoms with Crippen LogP contribution in [0.1, 0.15) is 17.5 Å². The van der Waals surface area contributed by atoms with Gasteiger partial charge in [0.2, 0.25) is 5.91 Å². The lowest BCUT2D eigenvalue weighted by atomic mass is 10.2. The third kappa shape index (κ3) is 6.41. The molecule has 0 aromatic heterocycles. The molecule has 0 aliphatic heterocycles. The summed E-state index contributed by atoms with van der Waals surface area (Å²) in [6.45, 7) is 4.85. The van der Waals surface area contributed by atoms with E-state index in [1.54, 1.807) is 7.11 Å². The normalized spacial score (nSPS) is 12.2. The molecule has 1 aromatic carbocycles. The van der Waals surface area contributed by atoms with Gasteiger partial charge in [-0.3, -0.25) is 4.79 Å². The molecule has 0 radical (unpaired) electrons. The first-order chi connectivity index (χ1) is 9.52. The van der Waals surface area contributed by atoms with Gasteiger partial charge in [0, 0.05) is 18.6 Å². The number of aliphatic hydroxyl groups excluding tert-OH is 1. The number of carbonyl (C=O) groups is 1. The van der Waals surface area contributed by atoms with Crippen molar-refractivity contribution in [1.29, 1.82) is 0 Å². The van der Waals surface area contributed by atoms with Crippen molar-refractivity contribution in [2.75, 3.05) is 26.0 Å². The molecule has 1 atom stereocenters. The summed E-state index contributed by atoms with van der Waals surface area (Å²) in [5, 5.41) is 12.3. The van der Waals surface area contributed by atoms with Crippen molar-refractivity contribution < 1.29 is 14.6 Å². The molecule has 0 heterocycles. The molecule has 2 N–H and O–H groups in total. The fourth-order valence-corrected chi connectivity index (χ4v) is 2.66. The summed E-state index contributed by atoms with van der Waals surface area (Å²) in [6, 6.07) is 6.23. The maximum atomic E-state index is 11.7. The molecule has 4 nitrogen and oxygen atoms in total. The summed E-state index contributed by atoms with van der Waals surface area (Å²) in [4.78, 5) is 12.8. The van der Waals surface area contributed by atoms with Gasteiger partial charge in [-0.05, 0) is 31.9 Å². The number of hydrogen-bond donors (Lipinski definition) is 2. The Bertz CT molecular complexity index is 437. The van der Waals surface area contributed by atoms with Crippen LogP contribution >= 0.6 is 11.8 Å². The zero-order chi connectivity index (χ0) is 15.0. The van der Waals surface area contributed by atoms with E-state index in [-0.39, 0.29) is 5.91 Å². The largest absolute Gasteiger partial charge is 0.391 e. The highest BCUT2D eigenvalue weighted by Gasteiger charge is 2.07. The van der Waals surface area contributed by atoms with Crippen LogP contribution in [-0.4, -0.2) is 43.1 Å². The molecule has 1 unspecified atom stereocenters. The zero-order valence-electron chi connectivity index (χ0n) is 12.3. The lowest BCUT2D eigenvalue weighted by Gasteiger charge is -2.10. The summed E-state index contributed by atoms with van der Waals surface area (Å²) in [6.07, 6.45) is -0.0137. The summed E-state index contributed by atoms with van der Waals surface area (Å²) in [7, 11) is 1.54. The van der Waals surface area contributed by atoms with Crippen LogP contribution in [0.25, 0.3) is 0 Å². The average molecular weight is 297 g/mol. The van der Waals surface area contributed by atoms with E-state index >= 15 is 0 Å². The smallest absolute Gasteiger partial charge is 0.230 e. The number of methoxy groups -OCH3 is 1. The van der Waals surface area contributed by atoms with Gasteiger partial charge in [-0.25, -0.2) is 0 Å². The number of carbonyl (C=O) groups excluding carboxylic acids is 1.